The van der Waals surface area contributed by atoms with Gasteiger partial charge < -0.3 is 14.9 Å². The topological polar surface area (TPSA) is 97.0 Å². The second kappa shape index (κ2) is 7.28. The average Bonchev–Trinajstić information content (AvgIpc) is 2.90. The molecule has 8 heteroatoms. The Kier molecular flexibility index (Phi) is 5.37. The third-order valence-electron chi connectivity index (χ3n) is 6.48. The van der Waals surface area contributed by atoms with Crippen LogP contribution in [0.15, 0.2) is 18.2 Å². The Morgan fingerprint density at radius 1 is 1.41 bits per heavy atom. The first-order valence-corrected chi connectivity index (χ1v) is 8.91. The van der Waals surface area contributed by atoms with Crippen molar-refractivity contribution in [3.63, 3.8) is 0 Å². The summed E-state index contributed by atoms with van der Waals surface area (Å²) in [5.41, 5.74) is 1.98. The monoisotopic (exact) mass is 393 g/mol. The molecule has 2 bridgehead atoms. The van der Waals surface area contributed by atoms with Crippen LogP contribution in [0.4, 0.5) is 0 Å². The molecule has 3 aliphatic heterocycles. The number of fused-ring (bicyclic) bond motifs is 5. The Hall–Kier alpha value is -1.85. The Bertz CT molecular complexity index is 783. The second-order valence-corrected chi connectivity index (χ2v) is 7.43. The quantitative estimate of drug-likeness (QED) is 0.792. The van der Waals surface area contributed by atoms with Gasteiger partial charge in [0.2, 0.25) is 0 Å². The van der Waals surface area contributed by atoms with E-state index < -0.39 is 17.9 Å². The van der Waals surface area contributed by atoms with E-state index in [0.717, 1.165) is 11.1 Å². The fraction of sp³-hybridized carbons (Fsp3) is 0.579. The second-order valence-electron chi connectivity index (χ2n) is 7.43. The summed E-state index contributed by atoms with van der Waals surface area (Å²) in [5, 5.41) is 29.8. The molecule has 2 N–H and O–H groups in total. The third kappa shape index (κ3) is 2.71. The van der Waals surface area contributed by atoms with Crippen LogP contribution in [0, 0.1) is 17.2 Å². The van der Waals surface area contributed by atoms with Crippen LogP contribution in [0.1, 0.15) is 23.6 Å². The van der Waals surface area contributed by atoms with Gasteiger partial charge in [-0.05, 0) is 31.5 Å². The lowest BCUT2D eigenvalue weighted by Crippen LogP contribution is -2.67. The van der Waals surface area contributed by atoms with Gasteiger partial charge >= 0.3 is 5.97 Å². The van der Waals surface area contributed by atoms with Crippen LogP contribution in [0.3, 0.4) is 0 Å². The molecule has 2 saturated heterocycles. The number of aliphatic hydroxyl groups is 1. The number of carbonyl (C=O) groups is 1. The number of methoxy groups -OCH3 is 1. The van der Waals surface area contributed by atoms with Gasteiger partial charge in [-0.15, -0.1) is 12.4 Å². The Morgan fingerprint density at radius 2 is 2.15 bits per heavy atom. The highest BCUT2D eigenvalue weighted by molar-refractivity contribution is 5.85. The highest BCUT2D eigenvalue weighted by Crippen LogP contribution is 2.49. The number of likely N-dealkylation sites (N-methyl/N-ethyl adjacent to an activating group) is 1. The number of hydrogen-bond acceptors (Lipinski definition) is 6. The third-order valence-corrected chi connectivity index (χ3v) is 6.48. The molecule has 0 aromatic heterocycles. The van der Waals surface area contributed by atoms with Crippen molar-refractivity contribution in [3.8, 4) is 11.8 Å². The molecule has 6 unspecified atom stereocenters. The molecule has 27 heavy (non-hydrogen) atoms. The molecule has 1 aromatic rings. The molecule has 1 aromatic carbocycles. The van der Waals surface area contributed by atoms with E-state index in [1.165, 1.54) is 0 Å². The zero-order chi connectivity index (χ0) is 18.6. The molecule has 6 atom stereocenters. The van der Waals surface area contributed by atoms with Gasteiger partial charge in [-0.3, -0.25) is 14.6 Å². The predicted octanol–water partition coefficient (Wildman–Crippen LogP) is 1.06. The minimum Gasteiger partial charge on any atom is -0.496 e. The van der Waals surface area contributed by atoms with E-state index >= 15 is 0 Å². The van der Waals surface area contributed by atoms with Crippen LogP contribution in [0.5, 0.6) is 5.75 Å². The van der Waals surface area contributed by atoms with Crippen molar-refractivity contribution in [1.29, 1.82) is 5.26 Å². The maximum absolute atomic E-state index is 11.9. The summed E-state index contributed by atoms with van der Waals surface area (Å²) in [7, 11) is 3.53. The predicted molar refractivity (Wildman–Crippen MR) is 99.9 cm³/mol. The van der Waals surface area contributed by atoms with Crippen LogP contribution < -0.4 is 4.74 Å². The number of ether oxygens (including phenoxy) is 1. The summed E-state index contributed by atoms with van der Waals surface area (Å²) in [5.74, 6) is -0.597. The number of hydrogen-bond donors (Lipinski definition) is 2. The lowest BCUT2D eigenvalue weighted by molar-refractivity contribution is -0.144. The molecule has 3 heterocycles. The van der Waals surface area contributed by atoms with E-state index in [1.54, 1.807) is 7.11 Å². The van der Waals surface area contributed by atoms with E-state index in [-0.39, 0.29) is 43.2 Å². The van der Waals surface area contributed by atoms with Crippen LogP contribution in [0.2, 0.25) is 0 Å². The number of rotatable bonds is 3. The molecule has 0 aliphatic carbocycles. The molecule has 0 amide bonds. The zero-order valence-corrected chi connectivity index (χ0v) is 16.1. The number of carboxylic acid groups (broad SMARTS) is 1. The Labute approximate surface area is 164 Å². The molecule has 0 radical (unpaired) electrons. The first-order valence-electron chi connectivity index (χ1n) is 8.91. The number of carboxylic acids is 1. The summed E-state index contributed by atoms with van der Waals surface area (Å²) < 4.78 is 5.52. The number of nitrogens with zero attached hydrogens (tertiary/aromatic N) is 3. The van der Waals surface area contributed by atoms with Crippen LogP contribution in [0.25, 0.3) is 0 Å². The van der Waals surface area contributed by atoms with Crippen molar-refractivity contribution in [2.45, 2.75) is 43.1 Å². The van der Waals surface area contributed by atoms with Crippen molar-refractivity contribution < 1.29 is 19.7 Å². The van der Waals surface area contributed by atoms with Gasteiger partial charge in [0.05, 0.1) is 31.7 Å². The Morgan fingerprint density at radius 3 is 2.74 bits per heavy atom. The molecule has 4 rings (SSSR count). The molecule has 3 aliphatic rings. The van der Waals surface area contributed by atoms with Crippen molar-refractivity contribution in [2.24, 2.45) is 5.92 Å². The van der Waals surface area contributed by atoms with Crippen molar-refractivity contribution >= 4 is 18.4 Å². The molecule has 0 saturated carbocycles. The summed E-state index contributed by atoms with van der Waals surface area (Å²) >= 11 is 0. The molecule has 7 nitrogen and oxygen atoms in total. The number of benzene rings is 1. The summed E-state index contributed by atoms with van der Waals surface area (Å²) in [6, 6.07) is 6.93. The maximum Gasteiger partial charge on any atom is 0.308 e. The minimum atomic E-state index is -0.806. The SMILES string of the molecule is COc1cccc2c1C(CO)N1C(C#N)C3CC(C(=O)O)C(C1C2)N3C.Cl. The number of piperazine rings is 1. The number of aliphatic carboxylic acids is 1. The summed E-state index contributed by atoms with van der Waals surface area (Å²) in [6.07, 6.45) is 1.11. The molecule has 2 fully saturated rings. The van der Waals surface area contributed by atoms with Gasteiger partial charge in [-0.1, -0.05) is 12.1 Å². The highest BCUT2D eigenvalue weighted by Gasteiger charge is 2.59. The van der Waals surface area contributed by atoms with E-state index in [2.05, 4.69) is 15.9 Å². The number of nitriles is 1. The fourth-order valence-electron chi connectivity index (χ4n) is 5.48. The van der Waals surface area contributed by atoms with Crippen LogP contribution in [-0.4, -0.2) is 70.9 Å². The van der Waals surface area contributed by atoms with Gasteiger partial charge in [-0.25, -0.2) is 0 Å². The van der Waals surface area contributed by atoms with E-state index in [0.29, 0.717) is 18.6 Å². The molecular weight excluding hydrogens is 370 g/mol. The van der Waals surface area contributed by atoms with Crippen molar-refractivity contribution in [1.82, 2.24) is 9.80 Å². The first-order chi connectivity index (χ1) is 12.5. The number of halogens is 1. The van der Waals surface area contributed by atoms with E-state index in [1.807, 2.05) is 25.2 Å². The van der Waals surface area contributed by atoms with Crippen LogP contribution >= 0.6 is 12.4 Å². The summed E-state index contributed by atoms with van der Waals surface area (Å²) in [4.78, 5) is 16.0. The Balaban J connectivity index is 0.00000210. The number of aliphatic hydroxyl groups excluding tert-OH is 1. The summed E-state index contributed by atoms with van der Waals surface area (Å²) in [6.45, 7) is -0.136. The van der Waals surface area contributed by atoms with Gasteiger partial charge in [-0.2, -0.15) is 5.26 Å². The first kappa shape index (κ1) is 19.9. The largest absolute Gasteiger partial charge is 0.496 e. The molecule has 0 spiro atoms. The molecule has 146 valence electrons. The van der Waals surface area contributed by atoms with Crippen molar-refractivity contribution in [2.75, 3.05) is 20.8 Å². The zero-order valence-electron chi connectivity index (χ0n) is 15.3. The standard InChI is InChI=1S/C19H23N3O4.ClH/c1-21-12-7-11(19(24)25)18(21)13-6-10-4-3-5-16(26-2)17(10)15(9-23)22(13)14(12)8-20;/h3-5,11-15,18,23H,6-7,9H2,1-2H3,(H,24,25);1H. The maximum atomic E-state index is 11.9. The highest BCUT2D eigenvalue weighted by atomic mass is 35.5. The van der Waals surface area contributed by atoms with Gasteiger partial charge in [0.25, 0.3) is 0 Å². The van der Waals surface area contributed by atoms with Gasteiger partial charge in [0, 0.05) is 23.7 Å². The normalized spacial score (nSPS) is 34.7. The molecular formula is C19H24ClN3O4. The van der Waals surface area contributed by atoms with Crippen LogP contribution in [-0.2, 0) is 11.2 Å². The smallest absolute Gasteiger partial charge is 0.308 e. The minimum absolute atomic E-state index is 0. The fourth-order valence-corrected chi connectivity index (χ4v) is 5.48. The van der Waals surface area contributed by atoms with Gasteiger partial charge in [0.1, 0.15) is 11.8 Å². The lowest BCUT2D eigenvalue weighted by atomic mass is 9.80. The van der Waals surface area contributed by atoms with E-state index in [4.69, 9.17) is 4.74 Å². The average molecular weight is 394 g/mol. The van der Waals surface area contributed by atoms with E-state index in [9.17, 15) is 20.3 Å². The lowest BCUT2D eigenvalue weighted by Gasteiger charge is -2.54. The van der Waals surface area contributed by atoms with Crippen molar-refractivity contribution in [3.05, 3.63) is 29.3 Å². The van der Waals surface area contributed by atoms with Gasteiger partial charge in [0.15, 0.2) is 0 Å².